The summed E-state index contributed by atoms with van der Waals surface area (Å²) < 4.78 is 5.50. The summed E-state index contributed by atoms with van der Waals surface area (Å²) in [6, 6.07) is 15.9. The monoisotopic (exact) mass is 375 g/mol. The molecule has 0 bridgehead atoms. The first-order valence-electron chi connectivity index (χ1n) is 8.74. The highest BCUT2D eigenvalue weighted by molar-refractivity contribution is 7.10. The maximum Gasteiger partial charge on any atom is 0.273 e. The number of fused-ring (bicyclic) bond motifs is 1. The van der Waals surface area contributed by atoms with Crippen LogP contribution in [0.2, 0.25) is 0 Å². The van der Waals surface area contributed by atoms with E-state index in [1.165, 1.54) is 5.56 Å². The van der Waals surface area contributed by atoms with Crippen molar-refractivity contribution in [2.75, 3.05) is 0 Å². The first-order chi connectivity index (χ1) is 13.2. The summed E-state index contributed by atoms with van der Waals surface area (Å²) in [5.41, 5.74) is 4.54. The Balaban J connectivity index is 1.64. The number of rotatable bonds is 4. The first-order valence-corrected chi connectivity index (χ1v) is 9.62. The van der Waals surface area contributed by atoms with Crippen molar-refractivity contribution >= 4 is 17.2 Å². The lowest BCUT2D eigenvalue weighted by Crippen LogP contribution is -2.28. The van der Waals surface area contributed by atoms with Crippen LogP contribution in [0.15, 0.2) is 64.6 Å². The Kier molecular flexibility index (Phi) is 3.72. The summed E-state index contributed by atoms with van der Waals surface area (Å²) in [7, 11) is 0. The van der Waals surface area contributed by atoms with Crippen molar-refractivity contribution in [1.82, 2.24) is 15.1 Å². The number of amides is 1. The Morgan fingerprint density at radius 1 is 1.19 bits per heavy atom. The number of aromatic amines is 1. The molecule has 0 spiro atoms. The van der Waals surface area contributed by atoms with Crippen molar-refractivity contribution in [3.05, 3.63) is 87.6 Å². The number of furan rings is 1. The zero-order valence-electron chi connectivity index (χ0n) is 14.7. The topological polar surface area (TPSA) is 62.1 Å². The van der Waals surface area contributed by atoms with Gasteiger partial charge in [0.05, 0.1) is 24.5 Å². The molecule has 1 aromatic carbocycles. The highest BCUT2D eigenvalue weighted by Gasteiger charge is 2.42. The molecule has 3 aromatic heterocycles. The standard InChI is InChI=1S/C21H17N3O2S/c1-13-6-8-14(9-7-13)18-17-19(23-22-18)21(25)24(12-15-4-2-10-26-15)20(17)16-5-3-11-27-16/h2-11,20H,12H2,1H3,(H,22,23). The van der Waals surface area contributed by atoms with Crippen molar-refractivity contribution in [3.8, 4) is 11.3 Å². The third kappa shape index (κ3) is 2.61. The van der Waals surface area contributed by atoms with Gasteiger partial charge < -0.3 is 9.32 Å². The summed E-state index contributed by atoms with van der Waals surface area (Å²) in [5.74, 6) is 0.713. The van der Waals surface area contributed by atoms with Crippen LogP contribution in [0.4, 0.5) is 0 Å². The molecule has 1 atom stereocenters. The van der Waals surface area contributed by atoms with Gasteiger partial charge in [0.2, 0.25) is 0 Å². The van der Waals surface area contributed by atoms with Crippen LogP contribution >= 0.6 is 11.3 Å². The number of thiophene rings is 1. The highest BCUT2D eigenvalue weighted by atomic mass is 32.1. The molecular formula is C21H17N3O2S. The van der Waals surface area contributed by atoms with E-state index in [2.05, 4.69) is 47.5 Å². The van der Waals surface area contributed by atoms with Gasteiger partial charge >= 0.3 is 0 Å². The van der Waals surface area contributed by atoms with Crippen molar-refractivity contribution in [2.24, 2.45) is 0 Å². The number of nitrogens with zero attached hydrogens (tertiary/aromatic N) is 2. The van der Waals surface area contributed by atoms with Crippen molar-refractivity contribution < 1.29 is 9.21 Å². The van der Waals surface area contributed by atoms with Crippen LogP contribution in [0.25, 0.3) is 11.3 Å². The average Bonchev–Trinajstić information content (AvgIpc) is 3.45. The predicted octanol–water partition coefficient (Wildman–Crippen LogP) is 4.79. The predicted molar refractivity (Wildman–Crippen MR) is 104 cm³/mol. The number of nitrogens with one attached hydrogen (secondary N) is 1. The second kappa shape index (κ2) is 6.25. The number of hydrogen-bond donors (Lipinski definition) is 1. The summed E-state index contributed by atoms with van der Waals surface area (Å²) in [5, 5.41) is 9.51. The van der Waals surface area contributed by atoms with Crippen LogP contribution in [0.5, 0.6) is 0 Å². The van der Waals surface area contributed by atoms with Gasteiger partial charge in [-0.25, -0.2) is 0 Å². The Morgan fingerprint density at radius 3 is 2.74 bits per heavy atom. The molecule has 1 aliphatic rings. The Bertz CT molecular complexity index is 1080. The SMILES string of the molecule is Cc1ccc(-c2n[nH]c3c2C(c2cccs2)N(Cc2ccco2)C3=O)cc1. The summed E-state index contributed by atoms with van der Waals surface area (Å²) in [6.45, 7) is 2.48. The van der Waals surface area contributed by atoms with Gasteiger partial charge in [-0.1, -0.05) is 35.9 Å². The molecule has 1 N–H and O–H groups in total. The molecule has 0 aliphatic carbocycles. The zero-order chi connectivity index (χ0) is 18.4. The van der Waals surface area contributed by atoms with Gasteiger partial charge in [0.1, 0.15) is 11.5 Å². The van der Waals surface area contributed by atoms with Crippen LogP contribution in [0.1, 0.15) is 38.3 Å². The van der Waals surface area contributed by atoms with E-state index in [0.717, 1.165) is 27.5 Å². The van der Waals surface area contributed by atoms with Gasteiger partial charge in [-0.05, 0) is 30.5 Å². The van der Waals surface area contributed by atoms with E-state index in [-0.39, 0.29) is 11.9 Å². The Labute approximate surface area is 160 Å². The minimum atomic E-state index is -0.173. The summed E-state index contributed by atoms with van der Waals surface area (Å²) >= 11 is 1.65. The molecule has 4 aromatic rings. The first kappa shape index (κ1) is 16.1. The molecule has 5 nitrogen and oxygen atoms in total. The van der Waals surface area contributed by atoms with E-state index >= 15 is 0 Å². The van der Waals surface area contributed by atoms with Crippen molar-refractivity contribution in [2.45, 2.75) is 19.5 Å². The van der Waals surface area contributed by atoms with Gasteiger partial charge in [-0.3, -0.25) is 9.89 Å². The van der Waals surface area contributed by atoms with Gasteiger partial charge in [0.25, 0.3) is 5.91 Å². The third-order valence-electron chi connectivity index (χ3n) is 4.91. The minimum Gasteiger partial charge on any atom is -0.467 e. The fourth-order valence-electron chi connectivity index (χ4n) is 3.60. The Hall–Kier alpha value is -3.12. The van der Waals surface area contributed by atoms with E-state index in [4.69, 9.17) is 4.42 Å². The largest absolute Gasteiger partial charge is 0.467 e. The lowest BCUT2D eigenvalue weighted by atomic mass is 10.00. The number of aromatic nitrogens is 2. The number of benzene rings is 1. The van der Waals surface area contributed by atoms with Crippen LogP contribution in [0.3, 0.4) is 0 Å². The smallest absolute Gasteiger partial charge is 0.273 e. The van der Waals surface area contributed by atoms with Gasteiger partial charge in [0, 0.05) is 16.0 Å². The molecule has 0 radical (unpaired) electrons. The van der Waals surface area contributed by atoms with Crippen LogP contribution in [0, 0.1) is 6.92 Å². The maximum absolute atomic E-state index is 13.1. The molecule has 1 aliphatic heterocycles. The maximum atomic E-state index is 13.1. The van der Waals surface area contributed by atoms with E-state index in [9.17, 15) is 4.79 Å². The van der Waals surface area contributed by atoms with Crippen LogP contribution in [-0.4, -0.2) is 21.0 Å². The summed E-state index contributed by atoms with van der Waals surface area (Å²) in [6.07, 6.45) is 1.63. The zero-order valence-corrected chi connectivity index (χ0v) is 15.5. The van der Waals surface area contributed by atoms with Gasteiger partial charge in [-0.2, -0.15) is 5.10 Å². The van der Waals surface area contributed by atoms with Gasteiger partial charge in [-0.15, -0.1) is 11.3 Å². The molecule has 5 rings (SSSR count). The van der Waals surface area contributed by atoms with E-state index in [1.807, 2.05) is 28.5 Å². The highest BCUT2D eigenvalue weighted by Crippen LogP contribution is 2.44. The number of aryl methyl sites for hydroxylation is 1. The lowest BCUT2D eigenvalue weighted by Gasteiger charge is -2.24. The van der Waals surface area contributed by atoms with Gasteiger partial charge in [0.15, 0.2) is 0 Å². The number of H-pyrrole nitrogens is 1. The molecule has 0 fully saturated rings. The normalized spacial score (nSPS) is 16.1. The second-order valence-corrected chi connectivity index (χ2v) is 7.64. The molecule has 134 valence electrons. The van der Waals surface area contributed by atoms with Crippen molar-refractivity contribution in [1.29, 1.82) is 0 Å². The fourth-order valence-corrected chi connectivity index (χ4v) is 4.45. The molecule has 1 unspecified atom stereocenters. The van der Waals surface area contributed by atoms with Crippen LogP contribution in [-0.2, 0) is 6.54 Å². The summed E-state index contributed by atoms with van der Waals surface area (Å²) in [4.78, 5) is 16.1. The lowest BCUT2D eigenvalue weighted by molar-refractivity contribution is 0.0719. The average molecular weight is 375 g/mol. The Morgan fingerprint density at radius 2 is 2.04 bits per heavy atom. The molecule has 6 heteroatoms. The van der Waals surface area contributed by atoms with E-state index < -0.39 is 0 Å². The fraction of sp³-hybridized carbons (Fsp3) is 0.143. The number of hydrogen-bond acceptors (Lipinski definition) is 4. The second-order valence-electron chi connectivity index (χ2n) is 6.66. The molecule has 27 heavy (non-hydrogen) atoms. The van der Waals surface area contributed by atoms with E-state index in [1.54, 1.807) is 17.6 Å². The third-order valence-corrected chi connectivity index (χ3v) is 5.83. The van der Waals surface area contributed by atoms with Crippen LogP contribution < -0.4 is 0 Å². The molecule has 4 heterocycles. The van der Waals surface area contributed by atoms with Crippen molar-refractivity contribution in [3.63, 3.8) is 0 Å². The minimum absolute atomic E-state index is 0.0503. The molecule has 0 saturated heterocycles. The van der Waals surface area contributed by atoms with E-state index in [0.29, 0.717) is 12.2 Å². The quantitative estimate of drug-likeness (QED) is 0.558. The number of carbonyl (C=O) groups is 1. The number of carbonyl (C=O) groups excluding carboxylic acids is 1. The molecule has 1 amide bonds. The molecular weight excluding hydrogens is 358 g/mol. The molecule has 0 saturated carbocycles.